The zero-order chi connectivity index (χ0) is 18.8. The topological polar surface area (TPSA) is 104 Å². The summed E-state index contributed by atoms with van der Waals surface area (Å²) in [7, 11) is 0. The van der Waals surface area contributed by atoms with Crippen molar-refractivity contribution < 1.29 is 0 Å². The fraction of sp³-hybridized carbons (Fsp3) is 0. The molecule has 0 aliphatic carbocycles. The number of aromatic nitrogens is 6. The molecule has 0 saturated heterocycles. The van der Waals surface area contributed by atoms with Crippen molar-refractivity contribution in [1.82, 2.24) is 30.6 Å². The molecule has 27 heavy (non-hydrogen) atoms. The molecule has 0 fully saturated rings. The average Bonchev–Trinajstić information content (AvgIpc) is 3.23. The van der Waals surface area contributed by atoms with Crippen LogP contribution in [0.4, 0.5) is 0 Å². The number of nitriles is 1. The highest BCUT2D eigenvalue weighted by Crippen LogP contribution is 2.33. The molecule has 0 amide bonds. The summed E-state index contributed by atoms with van der Waals surface area (Å²) in [6, 6.07) is 16.4. The van der Waals surface area contributed by atoms with Gasteiger partial charge in [0.25, 0.3) is 0 Å². The number of aromatic amines is 1. The van der Waals surface area contributed by atoms with Gasteiger partial charge in [0.15, 0.2) is 5.69 Å². The number of nitrogens with one attached hydrogen (secondary N) is 1. The summed E-state index contributed by atoms with van der Waals surface area (Å²) in [4.78, 5) is 9.18. The normalized spacial score (nSPS) is 10.6. The number of nitrogens with zero attached hydrogens (tertiary/aromatic N) is 6. The van der Waals surface area contributed by atoms with Crippen LogP contribution in [0.25, 0.3) is 34.0 Å². The van der Waals surface area contributed by atoms with E-state index in [1.165, 1.54) is 0 Å². The summed E-state index contributed by atoms with van der Waals surface area (Å²) in [6.07, 6.45) is 0. The minimum atomic E-state index is 0.108. The molecule has 1 N–H and O–H groups in total. The Labute approximate surface area is 163 Å². The molecule has 2 aromatic heterocycles. The van der Waals surface area contributed by atoms with Gasteiger partial charge < -0.3 is 0 Å². The monoisotopic (exact) mass is 393 g/mol. The van der Waals surface area contributed by atoms with E-state index in [1.807, 2.05) is 24.3 Å². The second kappa shape index (κ2) is 7.11. The largest absolute Gasteiger partial charge is 0.239 e. The lowest BCUT2D eigenvalue weighted by atomic mass is 10.0. The molecule has 2 aromatic carbocycles. The minimum Gasteiger partial charge on any atom is -0.239 e. The molecule has 4 aromatic rings. The van der Waals surface area contributed by atoms with Crippen LogP contribution in [0.15, 0.2) is 48.5 Å². The summed E-state index contributed by atoms with van der Waals surface area (Å²) in [5.41, 5.74) is 3.05. The molecule has 0 aliphatic heterocycles. The molecule has 0 bridgehead atoms. The van der Waals surface area contributed by atoms with E-state index in [1.54, 1.807) is 24.3 Å². The highest BCUT2D eigenvalue weighted by molar-refractivity contribution is 6.31. The van der Waals surface area contributed by atoms with Crippen molar-refractivity contribution >= 4 is 23.2 Å². The molecule has 7 nitrogen and oxygen atoms in total. The maximum absolute atomic E-state index is 9.56. The van der Waals surface area contributed by atoms with E-state index >= 15 is 0 Å². The van der Waals surface area contributed by atoms with Crippen LogP contribution < -0.4 is 0 Å². The first-order chi connectivity index (χ1) is 13.2. The van der Waals surface area contributed by atoms with Gasteiger partial charge in [-0.15, -0.1) is 5.10 Å². The number of halogens is 2. The van der Waals surface area contributed by atoms with Crippen molar-refractivity contribution in [3.8, 4) is 40.1 Å². The highest BCUT2D eigenvalue weighted by Gasteiger charge is 2.19. The number of tetrazole rings is 1. The Balaban J connectivity index is 2.00. The summed E-state index contributed by atoms with van der Waals surface area (Å²) in [6.45, 7) is 0. The third kappa shape index (κ3) is 3.36. The summed E-state index contributed by atoms with van der Waals surface area (Å²) >= 11 is 12.0. The zero-order valence-electron chi connectivity index (χ0n) is 13.6. The Hall–Kier alpha value is -3.34. The SMILES string of the molecule is N#Cc1nc(-c2ccc(Cl)cc2)c(-c2ccc(Cl)cc2)nc1-c1nnn[nH]1. The Morgan fingerprint density at radius 2 is 1.33 bits per heavy atom. The van der Waals surface area contributed by atoms with Gasteiger partial charge >= 0.3 is 0 Å². The maximum Gasteiger partial charge on any atom is 0.201 e. The molecule has 0 spiro atoms. The van der Waals surface area contributed by atoms with Crippen LogP contribution in [0, 0.1) is 11.3 Å². The second-order valence-electron chi connectivity index (χ2n) is 5.49. The average molecular weight is 394 g/mol. The van der Waals surface area contributed by atoms with Gasteiger partial charge in [0.2, 0.25) is 5.82 Å². The first-order valence-electron chi connectivity index (χ1n) is 7.74. The maximum atomic E-state index is 9.56. The van der Waals surface area contributed by atoms with Gasteiger partial charge in [-0.1, -0.05) is 47.5 Å². The molecule has 0 atom stereocenters. The van der Waals surface area contributed by atoms with E-state index in [-0.39, 0.29) is 17.2 Å². The molecule has 0 radical (unpaired) electrons. The number of H-pyrrole nitrogens is 1. The van der Waals surface area contributed by atoms with Crippen LogP contribution in [0.3, 0.4) is 0 Å². The predicted molar refractivity (Wildman–Crippen MR) is 101 cm³/mol. The van der Waals surface area contributed by atoms with Gasteiger partial charge in [0, 0.05) is 21.2 Å². The standard InChI is InChI=1S/C18H9Cl2N7/c19-12-5-1-10(2-6-12)15-16(11-3-7-13(20)8-4-11)23-17(14(9-21)22-15)18-24-26-27-25-18/h1-8H,(H,24,25,26,27). The van der Waals surface area contributed by atoms with Crippen LogP contribution >= 0.6 is 23.2 Å². The van der Waals surface area contributed by atoms with E-state index in [0.29, 0.717) is 21.4 Å². The van der Waals surface area contributed by atoms with Crippen LogP contribution in [0.2, 0.25) is 10.0 Å². The van der Waals surface area contributed by atoms with Crippen molar-refractivity contribution in [3.05, 3.63) is 64.3 Å². The first kappa shape index (κ1) is 17.1. The fourth-order valence-electron chi connectivity index (χ4n) is 2.56. The van der Waals surface area contributed by atoms with Gasteiger partial charge in [-0.3, -0.25) is 0 Å². The van der Waals surface area contributed by atoms with Crippen LogP contribution in [-0.4, -0.2) is 30.6 Å². The Morgan fingerprint density at radius 1 is 0.778 bits per heavy atom. The quantitative estimate of drug-likeness (QED) is 0.559. The van der Waals surface area contributed by atoms with Gasteiger partial charge in [0.05, 0.1) is 11.4 Å². The van der Waals surface area contributed by atoms with Gasteiger partial charge in [-0.2, -0.15) is 5.26 Å². The number of hydrogen-bond acceptors (Lipinski definition) is 6. The van der Waals surface area contributed by atoms with Crippen LogP contribution in [-0.2, 0) is 0 Å². The van der Waals surface area contributed by atoms with E-state index in [9.17, 15) is 5.26 Å². The Morgan fingerprint density at radius 3 is 1.81 bits per heavy atom. The highest BCUT2D eigenvalue weighted by atomic mass is 35.5. The molecule has 0 aliphatic rings. The lowest BCUT2D eigenvalue weighted by Crippen LogP contribution is -2.02. The van der Waals surface area contributed by atoms with Crippen molar-refractivity contribution in [3.63, 3.8) is 0 Å². The fourth-order valence-corrected chi connectivity index (χ4v) is 2.81. The van der Waals surface area contributed by atoms with Crippen molar-refractivity contribution in [2.24, 2.45) is 0 Å². The summed E-state index contributed by atoms with van der Waals surface area (Å²) in [5, 5.41) is 24.3. The van der Waals surface area contributed by atoms with Crippen LogP contribution in [0.1, 0.15) is 5.69 Å². The first-order valence-corrected chi connectivity index (χ1v) is 8.49. The zero-order valence-corrected chi connectivity index (χ0v) is 15.1. The molecule has 130 valence electrons. The van der Waals surface area contributed by atoms with Crippen molar-refractivity contribution in [2.45, 2.75) is 0 Å². The second-order valence-corrected chi connectivity index (χ2v) is 6.37. The smallest absolute Gasteiger partial charge is 0.201 e. The van der Waals surface area contributed by atoms with Crippen LogP contribution in [0.5, 0.6) is 0 Å². The van der Waals surface area contributed by atoms with Crippen molar-refractivity contribution in [2.75, 3.05) is 0 Å². The van der Waals surface area contributed by atoms with Gasteiger partial charge in [0.1, 0.15) is 11.8 Å². The molecule has 0 unspecified atom stereocenters. The Bertz CT molecular complexity index is 1130. The third-order valence-corrected chi connectivity index (χ3v) is 4.31. The van der Waals surface area contributed by atoms with Gasteiger partial charge in [-0.05, 0) is 34.7 Å². The van der Waals surface area contributed by atoms with E-state index in [0.717, 1.165) is 11.1 Å². The summed E-state index contributed by atoms with van der Waals surface area (Å²) < 4.78 is 0. The van der Waals surface area contributed by atoms with Gasteiger partial charge in [-0.25, -0.2) is 15.1 Å². The van der Waals surface area contributed by atoms with E-state index in [4.69, 9.17) is 23.2 Å². The predicted octanol–water partition coefficient (Wildman–Crippen LogP) is 4.17. The van der Waals surface area contributed by atoms with Crippen molar-refractivity contribution in [1.29, 1.82) is 5.26 Å². The number of hydrogen-bond donors (Lipinski definition) is 1. The minimum absolute atomic E-state index is 0.108. The lowest BCUT2D eigenvalue weighted by Gasteiger charge is -2.11. The number of rotatable bonds is 3. The third-order valence-electron chi connectivity index (χ3n) is 3.81. The molecule has 9 heteroatoms. The molecular weight excluding hydrogens is 385 g/mol. The van der Waals surface area contributed by atoms with E-state index in [2.05, 4.69) is 36.7 Å². The number of benzene rings is 2. The van der Waals surface area contributed by atoms with E-state index < -0.39 is 0 Å². The molecule has 4 rings (SSSR count). The summed E-state index contributed by atoms with van der Waals surface area (Å²) in [5.74, 6) is 0.261. The Kier molecular flexibility index (Phi) is 4.50. The molecule has 0 saturated carbocycles. The lowest BCUT2D eigenvalue weighted by molar-refractivity contribution is 0.881. The molecular formula is C18H9Cl2N7. The molecule has 2 heterocycles.